The Kier molecular flexibility index (Phi) is 9.89. The van der Waals surface area contributed by atoms with Crippen molar-refractivity contribution in [3.05, 3.63) is 125 Å². The summed E-state index contributed by atoms with van der Waals surface area (Å²) in [6, 6.07) is 29.4. The van der Waals surface area contributed by atoms with Crippen molar-refractivity contribution < 1.29 is 22.8 Å². The lowest BCUT2D eigenvalue weighted by atomic mass is 10.0. The molecule has 0 aromatic heterocycles. The van der Waals surface area contributed by atoms with Gasteiger partial charge in [0.25, 0.3) is 5.91 Å². The average Bonchev–Trinajstić information content (AvgIpc) is 3.14. The number of carbonyl (C=O) groups excluding carboxylic acids is 3. The van der Waals surface area contributed by atoms with E-state index >= 15 is 0 Å². The normalized spacial score (nSPS) is 14.5. The van der Waals surface area contributed by atoms with Gasteiger partial charge in [-0.3, -0.25) is 14.5 Å². The Balaban J connectivity index is 1.33. The molecule has 5 N–H and O–H groups in total. The number of fused-ring (bicyclic) bond motifs is 1. The molecule has 1 aliphatic rings. The predicted octanol–water partition coefficient (Wildman–Crippen LogP) is 3.72. The Morgan fingerprint density at radius 2 is 1.63 bits per heavy atom. The van der Waals surface area contributed by atoms with E-state index in [1.54, 1.807) is 36.4 Å². The Morgan fingerprint density at radius 3 is 2.35 bits per heavy atom. The number of primary sulfonamides is 1. The van der Waals surface area contributed by atoms with Crippen molar-refractivity contribution >= 4 is 45.0 Å². The van der Waals surface area contributed by atoms with Crippen molar-refractivity contribution in [2.24, 2.45) is 10.1 Å². The van der Waals surface area contributed by atoms with Gasteiger partial charge in [0.05, 0.1) is 16.3 Å². The first kappa shape index (κ1) is 32.1. The van der Waals surface area contributed by atoms with Gasteiger partial charge in [0.15, 0.2) is 0 Å². The molecule has 4 amide bonds. The molecule has 1 aliphatic heterocycles. The van der Waals surface area contributed by atoms with Crippen molar-refractivity contribution in [2.45, 2.75) is 30.8 Å². The molecule has 0 radical (unpaired) electrons. The third-order valence-corrected chi connectivity index (χ3v) is 8.25. The molecule has 0 fully saturated rings. The van der Waals surface area contributed by atoms with Gasteiger partial charge in [-0.25, -0.2) is 23.3 Å². The Hall–Kier alpha value is -5.33. The summed E-state index contributed by atoms with van der Waals surface area (Å²) in [7, 11) is -3.77. The number of urea groups is 1. The molecule has 11 nitrogen and oxygen atoms in total. The van der Waals surface area contributed by atoms with Crippen LogP contribution in [-0.2, 0) is 26.0 Å². The van der Waals surface area contributed by atoms with Crippen LogP contribution in [0.15, 0.2) is 113 Å². The first-order chi connectivity index (χ1) is 22.1. The highest BCUT2D eigenvalue weighted by Crippen LogP contribution is 2.28. The maximum absolute atomic E-state index is 14.0. The lowest BCUT2D eigenvalue weighted by Gasteiger charge is -2.25. The number of amides is 4. The highest BCUT2D eigenvalue weighted by Gasteiger charge is 2.34. The van der Waals surface area contributed by atoms with Crippen LogP contribution in [0, 0.1) is 6.92 Å². The summed E-state index contributed by atoms with van der Waals surface area (Å²) in [5.41, 5.74) is 4.79. The minimum Gasteiger partial charge on any atom is -0.355 e. The number of aryl methyl sites for hydroxylation is 2. The van der Waals surface area contributed by atoms with Gasteiger partial charge in [-0.05, 0) is 61.2 Å². The summed E-state index contributed by atoms with van der Waals surface area (Å²) in [4.78, 5) is 46.4. The molecule has 1 unspecified atom stereocenters. The number of nitrogens with two attached hydrogens (primary N) is 1. The van der Waals surface area contributed by atoms with Gasteiger partial charge >= 0.3 is 6.03 Å². The molecule has 12 heteroatoms. The molecule has 236 valence electrons. The monoisotopic (exact) mass is 638 g/mol. The first-order valence-electron chi connectivity index (χ1n) is 14.6. The quantitative estimate of drug-likeness (QED) is 0.194. The van der Waals surface area contributed by atoms with Crippen LogP contribution in [0.5, 0.6) is 0 Å². The fourth-order valence-corrected chi connectivity index (χ4v) is 5.61. The minimum atomic E-state index is -3.77. The molecule has 0 saturated carbocycles. The molecule has 0 saturated heterocycles. The van der Waals surface area contributed by atoms with Crippen LogP contribution in [0.3, 0.4) is 0 Å². The van der Waals surface area contributed by atoms with E-state index in [1.807, 2.05) is 61.5 Å². The van der Waals surface area contributed by atoms with Crippen molar-refractivity contribution in [2.75, 3.05) is 23.3 Å². The summed E-state index contributed by atoms with van der Waals surface area (Å²) in [6.07, 6.45) is -0.150. The zero-order chi connectivity index (χ0) is 32.7. The smallest absolute Gasteiger partial charge is 0.321 e. The zero-order valence-corrected chi connectivity index (χ0v) is 26.0. The standard InChI is InChI=1S/C34H34N6O5S/c1-23-9-7-13-26(21-23)37-34(43)39-32-33(42)40(29-15-6-5-14-28(29)31(38-32)25-11-3-2-4-12-25)22-30(41)36-20-8-10-24-16-18-27(19-17-24)46(35,44)45/h2-7,9,11-19,21,32H,8,10,20,22H2,1H3,(H,36,41)(H2,35,44,45)(H2,37,39,43). The fourth-order valence-electron chi connectivity index (χ4n) is 5.09. The number of benzene rings is 4. The first-order valence-corrected chi connectivity index (χ1v) is 16.2. The van der Waals surface area contributed by atoms with E-state index in [-0.39, 0.29) is 17.3 Å². The highest BCUT2D eigenvalue weighted by atomic mass is 32.2. The molecule has 0 aliphatic carbocycles. The van der Waals surface area contributed by atoms with Crippen LogP contribution in [0.25, 0.3) is 0 Å². The predicted molar refractivity (Wildman–Crippen MR) is 177 cm³/mol. The van der Waals surface area contributed by atoms with Crippen LogP contribution < -0.4 is 26.0 Å². The van der Waals surface area contributed by atoms with E-state index in [1.165, 1.54) is 17.0 Å². The highest BCUT2D eigenvalue weighted by molar-refractivity contribution is 7.89. The number of aliphatic imine (C=N–C) groups is 1. The van der Waals surface area contributed by atoms with Crippen LogP contribution in [0.1, 0.15) is 28.7 Å². The van der Waals surface area contributed by atoms with Gasteiger partial charge in [-0.15, -0.1) is 0 Å². The molecular formula is C34H34N6O5S. The minimum absolute atomic E-state index is 0.0341. The van der Waals surface area contributed by atoms with Gasteiger partial charge in [0.1, 0.15) is 6.54 Å². The van der Waals surface area contributed by atoms with Gasteiger partial charge in [0, 0.05) is 23.4 Å². The lowest BCUT2D eigenvalue weighted by Crippen LogP contribution is -2.51. The maximum Gasteiger partial charge on any atom is 0.321 e. The second-order valence-corrected chi connectivity index (χ2v) is 12.4. The van der Waals surface area contributed by atoms with Crippen LogP contribution in [0.2, 0.25) is 0 Å². The summed E-state index contributed by atoms with van der Waals surface area (Å²) in [5.74, 6) is -0.957. The third kappa shape index (κ3) is 8.03. The Morgan fingerprint density at radius 1 is 0.913 bits per heavy atom. The van der Waals surface area contributed by atoms with Gasteiger partial charge in [0.2, 0.25) is 22.1 Å². The largest absolute Gasteiger partial charge is 0.355 e. The summed E-state index contributed by atoms with van der Waals surface area (Å²) >= 11 is 0. The van der Waals surface area contributed by atoms with Gasteiger partial charge in [-0.1, -0.05) is 72.8 Å². The Bertz CT molecular complexity index is 1880. The third-order valence-electron chi connectivity index (χ3n) is 7.32. The van der Waals surface area contributed by atoms with E-state index < -0.39 is 28.1 Å². The Labute approximate surface area is 267 Å². The van der Waals surface area contributed by atoms with Crippen molar-refractivity contribution in [1.29, 1.82) is 0 Å². The number of benzodiazepines with no additional fused rings is 1. The molecule has 1 atom stereocenters. The number of nitrogens with zero attached hydrogens (tertiary/aromatic N) is 2. The van der Waals surface area contributed by atoms with E-state index in [0.717, 1.165) is 16.7 Å². The molecule has 5 rings (SSSR count). The summed E-state index contributed by atoms with van der Waals surface area (Å²) in [5, 5.41) is 13.5. The van der Waals surface area contributed by atoms with Crippen LogP contribution in [-0.4, -0.2) is 51.2 Å². The van der Waals surface area contributed by atoms with Crippen molar-refractivity contribution in [3.8, 4) is 0 Å². The van der Waals surface area contributed by atoms with Crippen LogP contribution >= 0.6 is 0 Å². The molecule has 1 heterocycles. The second kappa shape index (κ2) is 14.2. The van der Waals surface area contributed by atoms with Gasteiger partial charge < -0.3 is 16.0 Å². The van der Waals surface area contributed by atoms with E-state index in [9.17, 15) is 22.8 Å². The number of rotatable bonds is 10. The molecule has 4 aromatic carbocycles. The SMILES string of the molecule is Cc1cccc(NC(=O)NC2N=C(c3ccccc3)c3ccccc3N(CC(=O)NCCCc3ccc(S(N)(=O)=O)cc3)C2=O)c1. The number of nitrogens with one attached hydrogen (secondary N) is 3. The lowest BCUT2D eigenvalue weighted by molar-refractivity contribution is -0.124. The summed E-state index contributed by atoms with van der Waals surface area (Å²) < 4.78 is 23.0. The topological polar surface area (TPSA) is 163 Å². The number of hydrogen-bond acceptors (Lipinski definition) is 6. The summed E-state index contributed by atoms with van der Waals surface area (Å²) in [6.45, 7) is 1.93. The number of hydrogen-bond donors (Lipinski definition) is 4. The zero-order valence-electron chi connectivity index (χ0n) is 25.1. The number of para-hydroxylation sites is 1. The fraction of sp³-hybridized carbons (Fsp3) is 0.176. The van der Waals surface area contributed by atoms with E-state index in [0.29, 0.717) is 42.0 Å². The molecular weight excluding hydrogens is 604 g/mol. The van der Waals surface area contributed by atoms with E-state index in [4.69, 9.17) is 10.1 Å². The van der Waals surface area contributed by atoms with Crippen LogP contribution in [0.4, 0.5) is 16.2 Å². The number of carbonyl (C=O) groups is 3. The molecule has 4 aromatic rings. The second-order valence-electron chi connectivity index (χ2n) is 10.8. The number of sulfonamides is 1. The molecule has 46 heavy (non-hydrogen) atoms. The maximum atomic E-state index is 14.0. The number of anilines is 2. The van der Waals surface area contributed by atoms with Gasteiger partial charge in [-0.2, -0.15) is 0 Å². The average molecular weight is 639 g/mol. The van der Waals surface area contributed by atoms with Crippen molar-refractivity contribution in [3.63, 3.8) is 0 Å². The van der Waals surface area contributed by atoms with Crippen molar-refractivity contribution in [1.82, 2.24) is 10.6 Å². The van der Waals surface area contributed by atoms with E-state index in [2.05, 4.69) is 16.0 Å². The molecule has 0 spiro atoms. The molecule has 0 bridgehead atoms.